The molecule has 0 aromatic heterocycles. The quantitative estimate of drug-likeness (QED) is 0.695. The molecule has 1 saturated heterocycles. The van der Waals surface area contributed by atoms with E-state index in [1.807, 2.05) is 13.8 Å². The van der Waals surface area contributed by atoms with E-state index in [0.717, 1.165) is 32.1 Å². The molecule has 156 valence electrons. The van der Waals surface area contributed by atoms with Gasteiger partial charge in [0.2, 0.25) is 0 Å². The zero-order chi connectivity index (χ0) is 20.3. The summed E-state index contributed by atoms with van der Waals surface area (Å²) in [4.78, 5) is 24.1. The molecule has 3 rings (SSSR count). The first-order chi connectivity index (χ1) is 13.4. The predicted molar refractivity (Wildman–Crippen MR) is 106 cm³/mol. The van der Waals surface area contributed by atoms with E-state index in [1.54, 1.807) is 0 Å². The van der Waals surface area contributed by atoms with Crippen LogP contribution in [0.15, 0.2) is 23.8 Å². The predicted octanol–water partition coefficient (Wildman–Crippen LogP) is 3.95. The Morgan fingerprint density at radius 1 is 1.39 bits per heavy atom. The number of aliphatic hydroxyl groups excluding tert-OH is 1. The van der Waals surface area contributed by atoms with E-state index in [-0.39, 0.29) is 42.4 Å². The third kappa shape index (κ3) is 4.86. The zero-order valence-corrected chi connectivity index (χ0v) is 17.3. The molecule has 0 spiro atoms. The van der Waals surface area contributed by atoms with Crippen LogP contribution in [0.5, 0.6) is 0 Å². The Balaban J connectivity index is 1.70. The fourth-order valence-corrected chi connectivity index (χ4v) is 4.80. The molecule has 1 N–H and O–H groups in total. The van der Waals surface area contributed by atoms with E-state index >= 15 is 0 Å². The van der Waals surface area contributed by atoms with Crippen molar-refractivity contribution in [2.45, 2.75) is 84.0 Å². The molecule has 0 amide bonds. The molecule has 1 aliphatic heterocycles. The summed E-state index contributed by atoms with van der Waals surface area (Å²) in [5.74, 6) is 0.426. The van der Waals surface area contributed by atoms with Crippen molar-refractivity contribution in [2.75, 3.05) is 0 Å². The number of aliphatic hydroxyl groups is 1. The Labute approximate surface area is 168 Å². The summed E-state index contributed by atoms with van der Waals surface area (Å²) in [6.45, 7) is 6.14. The third-order valence-electron chi connectivity index (χ3n) is 6.69. The largest absolute Gasteiger partial charge is 0.462 e. The van der Waals surface area contributed by atoms with E-state index in [9.17, 15) is 14.7 Å². The van der Waals surface area contributed by atoms with Crippen molar-refractivity contribution in [3.05, 3.63) is 23.8 Å². The van der Waals surface area contributed by atoms with Gasteiger partial charge in [-0.05, 0) is 49.5 Å². The van der Waals surface area contributed by atoms with E-state index in [2.05, 4.69) is 25.2 Å². The van der Waals surface area contributed by atoms with Crippen molar-refractivity contribution in [2.24, 2.45) is 23.7 Å². The van der Waals surface area contributed by atoms with E-state index in [4.69, 9.17) is 9.47 Å². The zero-order valence-electron chi connectivity index (χ0n) is 17.3. The molecule has 7 atom stereocenters. The number of hydrogen-bond acceptors (Lipinski definition) is 5. The van der Waals surface area contributed by atoms with Crippen LogP contribution in [0.25, 0.3) is 0 Å². The SMILES string of the molecule is CC[C@H](C)C(=O)O[C@H]1CCC=C2C=C[C@H](C)[C@H](CC[C@H]3C[C@H](O)CC(=O)O3)[C@H]21. The molecule has 0 radical (unpaired) electrons. The summed E-state index contributed by atoms with van der Waals surface area (Å²) in [6, 6.07) is 0. The minimum absolute atomic E-state index is 0.0764. The van der Waals surface area contributed by atoms with E-state index in [1.165, 1.54) is 5.57 Å². The number of hydrogen-bond donors (Lipinski definition) is 1. The summed E-state index contributed by atoms with van der Waals surface area (Å²) in [6.07, 6.45) is 10.6. The number of carbonyl (C=O) groups excluding carboxylic acids is 2. The molecule has 2 aliphatic carbocycles. The summed E-state index contributed by atoms with van der Waals surface area (Å²) in [7, 11) is 0. The van der Waals surface area contributed by atoms with E-state index < -0.39 is 6.10 Å². The molecule has 0 bridgehead atoms. The number of cyclic esters (lactones) is 1. The standard InChI is InChI=1S/C23H34O5/c1-4-14(2)23(26)28-20-7-5-6-16-9-8-15(3)19(22(16)20)11-10-18-12-17(24)13-21(25)27-18/h6,8-9,14-15,17-20,22,24H,4-5,7,10-13H2,1-3H3/t14-,15-,17-,18-,19-,20-,22-/m0/s1. The normalized spacial score (nSPS) is 36.1. The summed E-state index contributed by atoms with van der Waals surface area (Å²) in [5.41, 5.74) is 1.27. The number of carbonyl (C=O) groups is 2. The Morgan fingerprint density at radius 2 is 2.18 bits per heavy atom. The molecule has 1 fully saturated rings. The molecule has 0 unspecified atom stereocenters. The summed E-state index contributed by atoms with van der Waals surface area (Å²) in [5, 5.41) is 9.86. The van der Waals surface area contributed by atoms with Gasteiger partial charge in [-0.3, -0.25) is 9.59 Å². The molecule has 0 aromatic rings. The minimum atomic E-state index is -0.593. The molecule has 5 heteroatoms. The average Bonchev–Trinajstić information content (AvgIpc) is 2.66. The smallest absolute Gasteiger partial charge is 0.308 e. The molecular weight excluding hydrogens is 356 g/mol. The van der Waals surface area contributed by atoms with Gasteiger partial charge in [-0.1, -0.05) is 39.0 Å². The maximum absolute atomic E-state index is 12.4. The van der Waals surface area contributed by atoms with Crippen LogP contribution in [0.2, 0.25) is 0 Å². The first-order valence-electron chi connectivity index (χ1n) is 10.8. The summed E-state index contributed by atoms with van der Waals surface area (Å²) >= 11 is 0. The molecule has 28 heavy (non-hydrogen) atoms. The van der Waals surface area contributed by atoms with Gasteiger partial charge in [0.1, 0.15) is 12.2 Å². The van der Waals surface area contributed by atoms with Gasteiger partial charge in [0.25, 0.3) is 0 Å². The van der Waals surface area contributed by atoms with Crippen LogP contribution in [0.1, 0.15) is 65.7 Å². The highest BCUT2D eigenvalue weighted by Crippen LogP contribution is 2.44. The second kappa shape index (κ2) is 9.25. The lowest BCUT2D eigenvalue weighted by molar-refractivity contribution is -0.162. The van der Waals surface area contributed by atoms with Crippen LogP contribution in [0.4, 0.5) is 0 Å². The maximum atomic E-state index is 12.4. The fraction of sp³-hybridized carbons (Fsp3) is 0.739. The monoisotopic (exact) mass is 390 g/mol. The molecule has 0 saturated carbocycles. The molecule has 0 aromatic carbocycles. The maximum Gasteiger partial charge on any atom is 0.308 e. The number of ether oxygens (including phenoxy) is 2. The highest BCUT2D eigenvalue weighted by Gasteiger charge is 2.40. The molecule has 1 heterocycles. The van der Waals surface area contributed by atoms with Gasteiger partial charge in [0, 0.05) is 12.3 Å². The van der Waals surface area contributed by atoms with Gasteiger partial charge >= 0.3 is 11.9 Å². The van der Waals surface area contributed by atoms with Crippen molar-refractivity contribution in [3.63, 3.8) is 0 Å². The van der Waals surface area contributed by atoms with Crippen molar-refractivity contribution in [1.29, 1.82) is 0 Å². The minimum Gasteiger partial charge on any atom is -0.462 e. The fourth-order valence-electron chi connectivity index (χ4n) is 4.80. The molecule has 5 nitrogen and oxygen atoms in total. The van der Waals surface area contributed by atoms with Crippen LogP contribution in [-0.4, -0.2) is 35.4 Å². The lowest BCUT2D eigenvalue weighted by Crippen LogP contribution is -2.40. The average molecular weight is 391 g/mol. The van der Waals surface area contributed by atoms with Crippen LogP contribution >= 0.6 is 0 Å². The van der Waals surface area contributed by atoms with Crippen molar-refractivity contribution in [1.82, 2.24) is 0 Å². The Bertz CT molecular complexity index is 637. The number of fused-ring (bicyclic) bond motifs is 1. The number of rotatable bonds is 6. The van der Waals surface area contributed by atoms with Crippen LogP contribution < -0.4 is 0 Å². The Hall–Kier alpha value is -1.62. The highest BCUT2D eigenvalue weighted by atomic mass is 16.5. The summed E-state index contributed by atoms with van der Waals surface area (Å²) < 4.78 is 11.4. The Kier molecular flexibility index (Phi) is 6.97. The van der Waals surface area contributed by atoms with Gasteiger partial charge in [-0.15, -0.1) is 0 Å². The van der Waals surface area contributed by atoms with Gasteiger partial charge in [0.15, 0.2) is 0 Å². The lowest BCUT2D eigenvalue weighted by Gasteiger charge is -2.42. The van der Waals surface area contributed by atoms with Gasteiger partial charge in [-0.2, -0.15) is 0 Å². The first-order valence-corrected chi connectivity index (χ1v) is 10.8. The molecule has 3 aliphatic rings. The van der Waals surface area contributed by atoms with Crippen LogP contribution in [0, 0.1) is 23.7 Å². The lowest BCUT2D eigenvalue weighted by atomic mass is 9.66. The van der Waals surface area contributed by atoms with Crippen molar-refractivity contribution >= 4 is 11.9 Å². The van der Waals surface area contributed by atoms with Crippen molar-refractivity contribution in [3.8, 4) is 0 Å². The van der Waals surface area contributed by atoms with Crippen molar-refractivity contribution < 1.29 is 24.2 Å². The Morgan fingerprint density at radius 3 is 2.89 bits per heavy atom. The highest BCUT2D eigenvalue weighted by molar-refractivity contribution is 5.72. The number of esters is 2. The van der Waals surface area contributed by atoms with Gasteiger partial charge in [0.05, 0.1) is 18.4 Å². The van der Waals surface area contributed by atoms with E-state index in [0.29, 0.717) is 18.3 Å². The molecular formula is C23H34O5. The van der Waals surface area contributed by atoms with Crippen LogP contribution in [-0.2, 0) is 19.1 Å². The van der Waals surface area contributed by atoms with Crippen LogP contribution in [0.3, 0.4) is 0 Å². The van der Waals surface area contributed by atoms with Gasteiger partial charge in [-0.25, -0.2) is 0 Å². The topological polar surface area (TPSA) is 72.8 Å². The first kappa shape index (κ1) is 21.1. The second-order valence-corrected chi connectivity index (χ2v) is 8.76. The second-order valence-electron chi connectivity index (χ2n) is 8.76. The van der Waals surface area contributed by atoms with Gasteiger partial charge < -0.3 is 14.6 Å². The third-order valence-corrected chi connectivity index (χ3v) is 6.69. The number of allylic oxidation sites excluding steroid dienone is 3.